The lowest BCUT2D eigenvalue weighted by molar-refractivity contribution is 0.155. The molecule has 1 N–H and O–H groups in total. The highest BCUT2D eigenvalue weighted by atomic mass is 32.2. The first-order valence-corrected chi connectivity index (χ1v) is 10.2. The number of benzene rings is 2. The van der Waals surface area contributed by atoms with E-state index in [-0.39, 0.29) is 17.5 Å². The van der Waals surface area contributed by atoms with Crippen LogP contribution in [0.15, 0.2) is 41.3 Å². The summed E-state index contributed by atoms with van der Waals surface area (Å²) in [5.41, 5.74) is 0. The van der Waals surface area contributed by atoms with Gasteiger partial charge in [-0.3, -0.25) is 0 Å². The maximum atomic E-state index is 12.9. The van der Waals surface area contributed by atoms with Crippen molar-refractivity contribution in [2.75, 3.05) is 20.3 Å². The Labute approximate surface area is 150 Å². The summed E-state index contributed by atoms with van der Waals surface area (Å²) in [5.74, 6) is 0.740. The zero-order valence-corrected chi connectivity index (χ0v) is 15.9. The van der Waals surface area contributed by atoms with Crippen LogP contribution in [0.5, 0.6) is 5.75 Å². The Morgan fingerprint density at radius 1 is 1.12 bits per heavy atom. The van der Waals surface area contributed by atoms with Gasteiger partial charge in [-0.1, -0.05) is 32.4 Å². The Morgan fingerprint density at radius 2 is 1.80 bits per heavy atom. The molecule has 1 atom stereocenters. The van der Waals surface area contributed by atoms with Gasteiger partial charge in [0.05, 0.1) is 18.6 Å². The van der Waals surface area contributed by atoms with Gasteiger partial charge in [-0.05, 0) is 47.9 Å². The van der Waals surface area contributed by atoms with Gasteiger partial charge in [-0.25, -0.2) is 8.42 Å². The van der Waals surface area contributed by atoms with E-state index in [0.29, 0.717) is 13.0 Å². The lowest BCUT2D eigenvalue weighted by Gasteiger charge is -2.33. The highest BCUT2D eigenvalue weighted by Crippen LogP contribution is 2.28. The molecular formula is C19H27NO4S. The SMILES string of the molecule is CC.COc1ccc2cc(S(=O)(=O)N3CCCCC3CO)ccc2c1. The molecule has 5 nitrogen and oxygen atoms in total. The lowest BCUT2D eigenvalue weighted by atomic mass is 10.1. The summed E-state index contributed by atoms with van der Waals surface area (Å²) in [4.78, 5) is 0.274. The van der Waals surface area contributed by atoms with E-state index in [2.05, 4.69) is 0 Å². The van der Waals surface area contributed by atoms with E-state index in [0.717, 1.165) is 29.4 Å². The Hall–Kier alpha value is -1.63. The molecule has 0 spiro atoms. The van der Waals surface area contributed by atoms with Crippen molar-refractivity contribution < 1.29 is 18.3 Å². The molecule has 0 bridgehead atoms. The molecule has 2 aromatic rings. The first-order chi connectivity index (χ1) is 12.1. The van der Waals surface area contributed by atoms with Crippen LogP contribution < -0.4 is 4.74 Å². The molecule has 2 aromatic carbocycles. The molecule has 1 saturated heterocycles. The number of ether oxygens (including phenoxy) is 1. The molecule has 1 aliphatic heterocycles. The number of piperidine rings is 1. The summed E-state index contributed by atoms with van der Waals surface area (Å²) in [6.07, 6.45) is 2.50. The molecular weight excluding hydrogens is 338 g/mol. The minimum Gasteiger partial charge on any atom is -0.497 e. The van der Waals surface area contributed by atoms with Crippen LogP contribution in [0, 0.1) is 0 Å². The minimum atomic E-state index is -3.59. The van der Waals surface area contributed by atoms with Crippen molar-refractivity contribution in [3.63, 3.8) is 0 Å². The standard InChI is InChI=1S/C17H21NO4S.C2H6/c1-22-16-7-5-14-11-17(8-6-13(14)10-16)23(20,21)18-9-3-2-4-15(18)12-19;1-2/h5-8,10-11,15,19H,2-4,9,12H2,1H3;1-2H3. The number of rotatable bonds is 4. The molecule has 0 saturated carbocycles. The topological polar surface area (TPSA) is 66.8 Å². The quantitative estimate of drug-likeness (QED) is 0.902. The minimum absolute atomic E-state index is 0.135. The summed E-state index contributed by atoms with van der Waals surface area (Å²) in [6, 6.07) is 10.3. The molecule has 0 amide bonds. The maximum Gasteiger partial charge on any atom is 0.243 e. The first-order valence-electron chi connectivity index (χ1n) is 8.77. The first kappa shape index (κ1) is 19.7. The number of nitrogens with zero attached hydrogens (tertiary/aromatic N) is 1. The van der Waals surface area contributed by atoms with E-state index in [1.807, 2.05) is 32.0 Å². The molecule has 1 heterocycles. The summed E-state index contributed by atoms with van der Waals surface area (Å²) >= 11 is 0. The average molecular weight is 365 g/mol. The van der Waals surface area contributed by atoms with Gasteiger partial charge in [0.2, 0.25) is 10.0 Å². The third-order valence-corrected chi connectivity index (χ3v) is 6.36. The average Bonchev–Trinajstić information content (AvgIpc) is 2.68. The Bertz CT molecular complexity index is 804. The van der Waals surface area contributed by atoms with Crippen molar-refractivity contribution in [2.24, 2.45) is 0 Å². The van der Waals surface area contributed by atoms with Gasteiger partial charge in [0.15, 0.2) is 0 Å². The van der Waals surface area contributed by atoms with Crippen molar-refractivity contribution in [3.05, 3.63) is 36.4 Å². The maximum absolute atomic E-state index is 12.9. The zero-order valence-electron chi connectivity index (χ0n) is 15.1. The Morgan fingerprint density at radius 3 is 2.48 bits per heavy atom. The fourth-order valence-electron chi connectivity index (χ4n) is 3.10. The molecule has 1 fully saturated rings. The number of sulfonamides is 1. The molecule has 0 radical (unpaired) electrons. The van der Waals surface area contributed by atoms with Crippen molar-refractivity contribution >= 4 is 20.8 Å². The summed E-state index contributed by atoms with van der Waals surface area (Å²) in [7, 11) is -1.99. The predicted molar refractivity (Wildman–Crippen MR) is 100 cm³/mol. The number of aliphatic hydroxyl groups excluding tert-OH is 1. The van der Waals surface area contributed by atoms with E-state index in [1.165, 1.54) is 4.31 Å². The molecule has 25 heavy (non-hydrogen) atoms. The van der Waals surface area contributed by atoms with Crippen molar-refractivity contribution in [1.29, 1.82) is 0 Å². The molecule has 1 unspecified atom stereocenters. The third-order valence-electron chi connectivity index (χ3n) is 4.41. The van der Waals surface area contributed by atoms with Crippen molar-refractivity contribution in [1.82, 2.24) is 4.31 Å². The lowest BCUT2D eigenvalue weighted by Crippen LogP contribution is -2.45. The van der Waals surface area contributed by atoms with Gasteiger partial charge in [0.1, 0.15) is 5.75 Å². The highest BCUT2D eigenvalue weighted by Gasteiger charge is 2.33. The number of fused-ring (bicyclic) bond motifs is 1. The van der Waals surface area contributed by atoms with E-state index >= 15 is 0 Å². The molecule has 0 aromatic heterocycles. The largest absolute Gasteiger partial charge is 0.497 e. The van der Waals surface area contributed by atoms with E-state index < -0.39 is 10.0 Å². The van der Waals surface area contributed by atoms with E-state index in [4.69, 9.17) is 4.74 Å². The van der Waals surface area contributed by atoms with Gasteiger partial charge >= 0.3 is 0 Å². The van der Waals surface area contributed by atoms with Crippen LogP contribution in [-0.2, 0) is 10.0 Å². The van der Waals surface area contributed by atoms with Gasteiger partial charge < -0.3 is 9.84 Å². The van der Waals surface area contributed by atoms with Crippen LogP contribution in [0.1, 0.15) is 33.1 Å². The Kier molecular flexibility index (Phi) is 6.81. The van der Waals surface area contributed by atoms with Crippen LogP contribution in [-0.4, -0.2) is 44.1 Å². The van der Waals surface area contributed by atoms with E-state index in [1.54, 1.807) is 25.3 Å². The molecule has 0 aliphatic carbocycles. The Balaban J connectivity index is 0.00000109. The zero-order chi connectivity index (χ0) is 18.4. The summed E-state index contributed by atoms with van der Waals surface area (Å²) in [6.45, 7) is 4.33. The number of aliphatic hydroxyl groups is 1. The normalized spacial score (nSPS) is 18.5. The second-order valence-electron chi connectivity index (χ2n) is 5.82. The van der Waals surface area contributed by atoms with Crippen LogP contribution in [0.25, 0.3) is 10.8 Å². The third kappa shape index (κ3) is 4.14. The van der Waals surface area contributed by atoms with Crippen LogP contribution >= 0.6 is 0 Å². The summed E-state index contributed by atoms with van der Waals surface area (Å²) < 4.78 is 32.5. The smallest absolute Gasteiger partial charge is 0.243 e. The van der Waals surface area contributed by atoms with Gasteiger partial charge in [-0.2, -0.15) is 4.31 Å². The molecule has 3 rings (SSSR count). The monoisotopic (exact) mass is 365 g/mol. The second-order valence-corrected chi connectivity index (χ2v) is 7.71. The van der Waals surface area contributed by atoms with Gasteiger partial charge in [0, 0.05) is 12.6 Å². The van der Waals surface area contributed by atoms with Gasteiger partial charge in [0.25, 0.3) is 0 Å². The predicted octanol–water partition coefficient (Wildman–Crippen LogP) is 3.41. The molecule has 1 aliphatic rings. The number of methoxy groups -OCH3 is 1. The van der Waals surface area contributed by atoms with Crippen molar-refractivity contribution in [3.8, 4) is 5.75 Å². The second kappa shape index (κ2) is 8.65. The summed E-state index contributed by atoms with van der Waals surface area (Å²) in [5, 5.41) is 11.3. The highest BCUT2D eigenvalue weighted by molar-refractivity contribution is 7.89. The van der Waals surface area contributed by atoms with E-state index in [9.17, 15) is 13.5 Å². The van der Waals surface area contributed by atoms with Crippen LogP contribution in [0.2, 0.25) is 0 Å². The number of hydrogen-bond acceptors (Lipinski definition) is 4. The van der Waals surface area contributed by atoms with Crippen LogP contribution in [0.3, 0.4) is 0 Å². The number of hydrogen-bond donors (Lipinski definition) is 1. The van der Waals surface area contributed by atoms with Crippen molar-refractivity contribution in [2.45, 2.75) is 44.0 Å². The van der Waals surface area contributed by atoms with Gasteiger partial charge in [-0.15, -0.1) is 0 Å². The molecule has 6 heteroatoms. The molecule has 138 valence electrons. The fourth-order valence-corrected chi connectivity index (χ4v) is 4.82. The van der Waals surface area contributed by atoms with Crippen LogP contribution in [0.4, 0.5) is 0 Å². The fraction of sp³-hybridized carbons (Fsp3) is 0.474.